The van der Waals surface area contributed by atoms with E-state index in [-0.39, 0.29) is 22.0 Å². The Balaban J connectivity index is 2.21. The molecule has 0 bridgehead atoms. The van der Waals surface area contributed by atoms with Crippen LogP contribution in [0.1, 0.15) is 10.4 Å². The number of nitrogens with zero attached hydrogens (tertiary/aromatic N) is 1. The summed E-state index contributed by atoms with van der Waals surface area (Å²) in [5.41, 5.74) is 5.52. The first-order chi connectivity index (χ1) is 11.4. The standard InChI is InChI=1S/C15H12ClN3O4S/c16-11-7-9(19(22)23)5-6-10(11)15(21)18-12-3-1-2-4-13(12)24-8-14(17)20/h1-7H,8H2,(H2,17,20)(H,18,21). The smallest absolute Gasteiger partial charge is 0.270 e. The molecule has 0 unspecified atom stereocenters. The molecule has 0 atom stereocenters. The molecule has 2 rings (SSSR count). The molecule has 0 aromatic heterocycles. The van der Waals surface area contributed by atoms with Crippen LogP contribution in [0.3, 0.4) is 0 Å². The van der Waals surface area contributed by atoms with E-state index in [1.54, 1.807) is 24.3 Å². The molecule has 2 amide bonds. The zero-order valence-electron chi connectivity index (χ0n) is 12.2. The third kappa shape index (κ3) is 4.46. The summed E-state index contributed by atoms with van der Waals surface area (Å²) in [5.74, 6) is -0.910. The SMILES string of the molecule is NC(=O)CSc1ccccc1NC(=O)c1ccc([N+](=O)[O-])cc1Cl. The molecule has 0 spiro atoms. The third-order valence-electron chi connectivity index (χ3n) is 2.91. The summed E-state index contributed by atoms with van der Waals surface area (Å²) in [5, 5.41) is 13.4. The summed E-state index contributed by atoms with van der Waals surface area (Å²) in [6.45, 7) is 0. The monoisotopic (exact) mass is 365 g/mol. The molecule has 0 saturated carbocycles. The fraction of sp³-hybridized carbons (Fsp3) is 0.0667. The molecule has 0 radical (unpaired) electrons. The van der Waals surface area contributed by atoms with Gasteiger partial charge >= 0.3 is 0 Å². The maximum atomic E-state index is 12.3. The van der Waals surface area contributed by atoms with Gasteiger partial charge in [-0.05, 0) is 18.2 Å². The van der Waals surface area contributed by atoms with E-state index >= 15 is 0 Å². The average Bonchev–Trinajstić information content (AvgIpc) is 2.53. The molecule has 3 N–H and O–H groups in total. The molecule has 0 aliphatic carbocycles. The molecule has 0 aliphatic heterocycles. The van der Waals surface area contributed by atoms with Crippen LogP contribution in [0.15, 0.2) is 47.4 Å². The lowest BCUT2D eigenvalue weighted by atomic mass is 10.2. The van der Waals surface area contributed by atoms with Crippen LogP contribution in [0.4, 0.5) is 11.4 Å². The number of para-hydroxylation sites is 1. The highest BCUT2D eigenvalue weighted by molar-refractivity contribution is 8.00. The summed E-state index contributed by atoms with van der Waals surface area (Å²) in [7, 11) is 0. The minimum atomic E-state index is -0.594. The van der Waals surface area contributed by atoms with Gasteiger partial charge in [0.15, 0.2) is 0 Å². The van der Waals surface area contributed by atoms with Crippen molar-refractivity contribution in [2.24, 2.45) is 5.73 Å². The molecule has 9 heteroatoms. The number of halogens is 1. The number of nitrogens with two attached hydrogens (primary N) is 1. The van der Waals surface area contributed by atoms with E-state index in [1.165, 1.54) is 23.9 Å². The lowest BCUT2D eigenvalue weighted by molar-refractivity contribution is -0.384. The van der Waals surface area contributed by atoms with E-state index in [1.807, 2.05) is 0 Å². The maximum Gasteiger partial charge on any atom is 0.270 e. The molecule has 2 aromatic rings. The second-order valence-electron chi connectivity index (χ2n) is 4.63. The second kappa shape index (κ2) is 7.80. The third-order valence-corrected chi connectivity index (χ3v) is 4.32. The van der Waals surface area contributed by atoms with Gasteiger partial charge in [0.2, 0.25) is 5.91 Å². The van der Waals surface area contributed by atoms with Gasteiger partial charge < -0.3 is 11.1 Å². The largest absolute Gasteiger partial charge is 0.369 e. The van der Waals surface area contributed by atoms with E-state index < -0.39 is 16.7 Å². The molecule has 124 valence electrons. The lowest BCUT2D eigenvalue weighted by Gasteiger charge is -2.11. The molecule has 2 aromatic carbocycles. The Morgan fingerprint density at radius 3 is 2.58 bits per heavy atom. The van der Waals surface area contributed by atoms with Crippen molar-refractivity contribution < 1.29 is 14.5 Å². The van der Waals surface area contributed by atoms with Crippen LogP contribution < -0.4 is 11.1 Å². The van der Waals surface area contributed by atoms with E-state index in [0.29, 0.717) is 10.6 Å². The van der Waals surface area contributed by atoms with E-state index in [9.17, 15) is 19.7 Å². The molecule has 0 fully saturated rings. The number of benzene rings is 2. The number of primary amides is 1. The Labute approximate surface area is 146 Å². The van der Waals surface area contributed by atoms with Crippen molar-refractivity contribution >= 4 is 46.6 Å². The van der Waals surface area contributed by atoms with Crippen molar-refractivity contribution in [3.8, 4) is 0 Å². The van der Waals surface area contributed by atoms with Gasteiger partial charge in [0.1, 0.15) is 0 Å². The molecule has 24 heavy (non-hydrogen) atoms. The Hall–Kier alpha value is -2.58. The highest BCUT2D eigenvalue weighted by Gasteiger charge is 2.16. The fourth-order valence-electron chi connectivity index (χ4n) is 1.84. The number of hydrogen-bond donors (Lipinski definition) is 2. The first-order valence-electron chi connectivity index (χ1n) is 6.64. The predicted molar refractivity (Wildman–Crippen MR) is 92.4 cm³/mol. The summed E-state index contributed by atoms with van der Waals surface area (Å²) in [6.07, 6.45) is 0. The van der Waals surface area contributed by atoms with Crippen LogP contribution in [0.25, 0.3) is 0 Å². The summed E-state index contributed by atoms with van der Waals surface area (Å²) in [6, 6.07) is 10.5. The zero-order valence-corrected chi connectivity index (χ0v) is 13.8. The number of nitro groups is 1. The van der Waals surface area contributed by atoms with Crippen molar-refractivity contribution in [2.75, 3.05) is 11.1 Å². The summed E-state index contributed by atoms with van der Waals surface area (Å²) < 4.78 is 0. The van der Waals surface area contributed by atoms with E-state index in [2.05, 4.69) is 5.32 Å². The van der Waals surface area contributed by atoms with Gasteiger partial charge in [0.25, 0.3) is 11.6 Å². The minimum absolute atomic E-state index is 0.0241. The Kier molecular flexibility index (Phi) is 5.78. The number of nitro benzene ring substituents is 1. The van der Waals surface area contributed by atoms with E-state index in [0.717, 1.165) is 6.07 Å². The number of amides is 2. The average molecular weight is 366 g/mol. The molecule has 0 saturated heterocycles. The molecule has 0 aliphatic rings. The molecule has 7 nitrogen and oxygen atoms in total. The van der Waals surface area contributed by atoms with Crippen LogP contribution in [0, 0.1) is 10.1 Å². The van der Waals surface area contributed by atoms with Crippen molar-refractivity contribution in [3.05, 3.63) is 63.2 Å². The van der Waals surface area contributed by atoms with Gasteiger partial charge in [-0.3, -0.25) is 19.7 Å². The Morgan fingerprint density at radius 1 is 1.25 bits per heavy atom. The van der Waals surface area contributed by atoms with Gasteiger partial charge in [0.05, 0.1) is 26.9 Å². The second-order valence-corrected chi connectivity index (χ2v) is 6.05. The highest BCUT2D eigenvalue weighted by Crippen LogP contribution is 2.28. The molecule has 0 heterocycles. The van der Waals surface area contributed by atoms with Gasteiger partial charge in [0, 0.05) is 17.0 Å². The van der Waals surface area contributed by atoms with Gasteiger partial charge in [-0.15, -0.1) is 11.8 Å². The van der Waals surface area contributed by atoms with Crippen LogP contribution >= 0.6 is 23.4 Å². The van der Waals surface area contributed by atoms with Crippen molar-refractivity contribution in [2.45, 2.75) is 4.90 Å². The zero-order chi connectivity index (χ0) is 17.7. The van der Waals surface area contributed by atoms with Gasteiger partial charge in [-0.2, -0.15) is 0 Å². The quantitative estimate of drug-likeness (QED) is 0.463. The Bertz CT molecular complexity index is 813. The lowest BCUT2D eigenvalue weighted by Crippen LogP contribution is -2.15. The minimum Gasteiger partial charge on any atom is -0.369 e. The summed E-state index contributed by atoms with van der Waals surface area (Å²) in [4.78, 5) is 34.0. The normalized spacial score (nSPS) is 10.2. The first-order valence-corrected chi connectivity index (χ1v) is 8.00. The van der Waals surface area contributed by atoms with Crippen molar-refractivity contribution in [3.63, 3.8) is 0 Å². The molecular formula is C15H12ClN3O4S. The molecular weight excluding hydrogens is 354 g/mol. The number of anilines is 1. The number of carbonyl (C=O) groups excluding carboxylic acids is 2. The van der Waals surface area contributed by atoms with Crippen LogP contribution in [-0.4, -0.2) is 22.5 Å². The Morgan fingerprint density at radius 2 is 1.96 bits per heavy atom. The number of thioether (sulfide) groups is 1. The maximum absolute atomic E-state index is 12.3. The fourth-order valence-corrected chi connectivity index (χ4v) is 2.84. The number of non-ortho nitro benzene ring substituents is 1. The van der Waals surface area contributed by atoms with E-state index in [4.69, 9.17) is 17.3 Å². The van der Waals surface area contributed by atoms with Crippen LogP contribution in [-0.2, 0) is 4.79 Å². The van der Waals surface area contributed by atoms with Crippen LogP contribution in [0.2, 0.25) is 5.02 Å². The number of carbonyl (C=O) groups is 2. The topological polar surface area (TPSA) is 115 Å². The van der Waals surface area contributed by atoms with Gasteiger partial charge in [-0.25, -0.2) is 0 Å². The number of nitrogens with one attached hydrogen (secondary N) is 1. The highest BCUT2D eigenvalue weighted by atomic mass is 35.5. The van der Waals surface area contributed by atoms with Crippen molar-refractivity contribution in [1.82, 2.24) is 0 Å². The van der Waals surface area contributed by atoms with Crippen molar-refractivity contribution in [1.29, 1.82) is 0 Å². The number of rotatable bonds is 6. The van der Waals surface area contributed by atoms with Gasteiger partial charge in [-0.1, -0.05) is 23.7 Å². The van der Waals surface area contributed by atoms with Crippen LogP contribution in [0.5, 0.6) is 0 Å². The summed E-state index contributed by atoms with van der Waals surface area (Å²) >= 11 is 7.14. The predicted octanol–water partition coefficient (Wildman–Crippen LogP) is 3.08. The first kappa shape index (κ1) is 17.8. The number of hydrogen-bond acceptors (Lipinski definition) is 5.